The maximum Gasteiger partial charge on any atom is 0.416 e. The Morgan fingerprint density at radius 1 is 1.11 bits per heavy atom. The fourth-order valence-corrected chi connectivity index (χ4v) is 5.40. The number of aromatic nitrogens is 6. The summed E-state index contributed by atoms with van der Waals surface area (Å²) in [6.45, 7) is 2.67. The maximum atomic E-state index is 13.8. The smallest absolute Gasteiger partial charge is 0.416 e. The van der Waals surface area contributed by atoms with Gasteiger partial charge in [0.1, 0.15) is 12.4 Å². The number of alkyl halides is 4. The van der Waals surface area contributed by atoms with Gasteiger partial charge in [0, 0.05) is 30.5 Å². The number of amides is 1. The van der Waals surface area contributed by atoms with Gasteiger partial charge in [0.15, 0.2) is 0 Å². The lowest BCUT2D eigenvalue weighted by molar-refractivity contribution is -0.137. The number of aromatic amines is 1. The number of H-pyrrole nitrogens is 1. The standard InChI is InChI=1S/C29H30F4N8O3/c1-4-21-11-25(23-12-22(43-3)6-7-24(23)41(21)28(42)44-5-2)40(27-34-14-19(15-35-27)26-36-38-39-37-26)16-18-8-17(13-30)9-20(10-18)29(31,32)33/h6-10,12,14-15,21,25H,4-5,11,13,16H2,1-3H3,(H,36,37,38,39). The van der Waals surface area contributed by atoms with Crippen molar-refractivity contribution < 1.29 is 31.8 Å². The molecule has 11 nitrogen and oxygen atoms in total. The van der Waals surface area contributed by atoms with Crippen LogP contribution in [0.4, 0.5) is 34.0 Å². The van der Waals surface area contributed by atoms with Crippen LogP contribution in [-0.4, -0.2) is 56.4 Å². The first-order chi connectivity index (χ1) is 21.2. The number of methoxy groups -OCH3 is 1. The Balaban J connectivity index is 1.66. The first-order valence-electron chi connectivity index (χ1n) is 13.9. The molecule has 5 rings (SSSR count). The second kappa shape index (κ2) is 12.8. The minimum Gasteiger partial charge on any atom is -0.497 e. The van der Waals surface area contributed by atoms with Gasteiger partial charge in [-0.05, 0) is 66.4 Å². The number of carbonyl (C=O) groups excluding carboxylic acids is 1. The summed E-state index contributed by atoms with van der Waals surface area (Å²) in [7, 11) is 1.51. The molecule has 2 aromatic heterocycles. The van der Waals surface area contributed by atoms with Crippen molar-refractivity contribution in [3.63, 3.8) is 0 Å². The summed E-state index contributed by atoms with van der Waals surface area (Å²) in [4.78, 5) is 25.6. The second-order valence-corrected chi connectivity index (χ2v) is 10.1. The number of rotatable bonds is 9. The lowest BCUT2D eigenvalue weighted by atomic mass is 9.88. The minimum atomic E-state index is -4.67. The molecule has 0 saturated heterocycles. The third-order valence-corrected chi connectivity index (χ3v) is 7.41. The Hall–Kier alpha value is -4.82. The Labute approximate surface area is 250 Å². The summed E-state index contributed by atoms with van der Waals surface area (Å²) in [5, 5.41) is 13.8. The minimum absolute atomic E-state index is 0.102. The summed E-state index contributed by atoms with van der Waals surface area (Å²) in [5.74, 6) is 0.965. The van der Waals surface area contributed by atoms with Crippen LogP contribution in [0.5, 0.6) is 5.75 Å². The van der Waals surface area contributed by atoms with Gasteiger partial charge in [-0.3, -0.25) is 4.90 Å². The molecule has 0 bridgehead atoms. The van der Waals surface area contributed by atoms with Crippen LogP contribution in [0.25, 0.3) is 11.4 Å². The number of anilines is 2. The highest BCUT2D eigenvalue weighted by molar-refractivity contribution is 5.90. The number of nitrogens with one attached hydrogen (secondary N) is 1. The Bertz CT molecular complexity index is 1580. The molecule has 232 valence electrons. The third-order valence-electron chi connectivity index (χ3n) is 7.41. The predicted molar refractivity (Wildman–Crippen MR) is 152 cm³/mol. The molecule has 0 saturated carbocycles. The van der Waals surface area contributed by atoms with Gasteiger partial charge in [0.25, 0.3) is 0 Å². The molecule has 0 aliphatic carbocycles. The molecule has 44 heavy (non-hydrogen) atoms. The molecule has 0 fully saturated rings. The van der Waals surface area contributed by atoms with Crippen molar-refractivity contribution >= 4 is 17.7 Å². The van der Waals surface area contributed by atoms with Gasteiger partial charge in [-0.15, -0.1) is 10.2 Å². The fourth-order valence-electron chi connectivity index (χ4n) is 5.40. The number of hydrogen-bond acceptors (Lipinski definition) is 9. The molecule has 1 aliphatic heterocycles. The van der Waals surface area contributed by atoms with Crippen LogP contribution in [0.1, 0.15) is 55.0 Å². The zero-order valence-corrected chi connectivity index (χ0v) is 24.2. The number of tetrazole rings is 1. The predicted octanol–water partition coefficient (Wildman–Crippen LogP) is 6.05. The van der Waals surface area contributed by atoms with Crippen LogP contribution >= 0.6 is 0 Å². The molecule has 2 unspecified atom stereocenters. The number of halogens is 4. The first-order valence-corrected chi connectivity index (χ1v) is 13.9. The summed E-state index contributed by atoms with van der Waals surface area (Å²) in [6, 6.07) is 7.59. The molecule has 1 N–H and O–H groups in total. The molecule has 2 atom stereocenters. The van der Waals surface area contributed by atoms with Gasteiger partial charge >= 0.3 is 12.3 Å². The number of benzene rings is 2. The van der Waals surface area contributed by atoms with Crippen molar-refractivity contribution in [2.45, 2.75) is 58.2 Å². The van der Waals surface area contributed by atoms with Gasteiger partial charge in [-0.25, -0.2) is 19.2 Å². The lowest BCUT2D eigenvalue weighted by Crippen LogP contribution is -2.48. The van der Waals surface area contributed by atoms with E-state index in [1.54, 1.807) is 34.9 Å². The number of fused-ring (bicyclic) bond motifs is 1. The van der Waals surface area contributed by atoms with E-state index >= 15 is 0 Å². The van der Waals surface area contributed by atoms with E-state index in [4.69, 9.17) is 9.47 Å². The highest BCUT2D eigenvalue weighted by Gasteiger charge is 2.40. The van der Waals surface area contributed by atoms with Crippen molar-refractivity contribution in [3.8, 4) is 17.1 Å². The number of hydrogen-bond donors (Lipinski definition) is 1. The van der Waals surface area contributed by atoms with E-state index in [0.29, 0.717) is 35.4 Å². The summed E-state index contributed by atoms with van der Waals surface area (Å²) in [5.41, 5.74) is 0.839. The van der Waals surface area contributed by atoms with Crippen molar-refractivity contribution in [2.24, 2.45) is 0 Å². The molecular formula is C29H30F4N8O3. The third kappa shape index (κ3) is 6.26. The molecule has 1 amide bonds. The molecular weight excluding hydrogens is 584 g/mol. The highest BCUT2D eigenvalue weighted by Crippen LogP contribution is 2.45. The highest BCUT2D eigenvalue weighted by atomic mass is 19.4. The van der Waals surface area contributed by atoms with Crippen LogP contribution in [-0.2, 0) is 24.1 Å². The quantitative estimate of drug-likeness (QED) is 0.225. The van der Waals surface area contributed by atoms with Crippen LogP contribution in [0.3, 0.4) is 0 Å². The monoisotopic (exact) mass is 614 g/mol. The van der Waals surface area contributed by atoms with Gasteiger partial charge < -0.3 is 14.4 Å². The molecule has 1 aliphatic rings. The number of carbonyl (C=O) groups is 1. The summed E-state index contributed by atoms with van der Waals surface area (Å²) >= 11 is 0. The normalized spacial score (nSPS) is 16.4. The maximum absolute atomic E-state index is 13.8. The molecule has 3 heterocycles. The average Bonchev–Trinajstić information content (AvgIpc) is 3.57. The SMILES string of the molecule is CCOC(=O)N1c2ccc(OC)cc2C(N(Cc2cc(CF)cc(C(F)(F)F)c2)c2ncc(-c3nn[nH]n3)cn2)CC1CC. The molecule has 2 aromatic carbocycles. The fraction of sp³-hybridized carbons (Fsp3) is 0.379. The van der Waals surface area contributed by atoms with E-state index in [-0.39, 0.29) is 42.1 Å². The van der Waals surface area contributed by atoms with Gasteiger partial charge in [-0.1, -0.05) is 13.0 Å². The second-order valence-electron chi connectivity index (χ2n) is 10.1. The van der Waals surface area contributed by atoms with Crippen molar-refractivity contribution in [3.05, 3.63) is 71.0 Å². The Kier molecular flexibility index (Phi) is 8.92. The molecule has 4 aromatic rings. The topological polar surface area (TPSA) is 122 Å². The van der Waals surface area contributed by atoms with Gasteiger partial charge in [-0.2, -0.15) is 18.4 Å². The van der Waals surface area contributed by atoms with Gasteiger partial charge in [0.2, 0.25) is 11.8 Å². The molecule has 15 heteroatoms. The summed E-state index contributed by atoms with van der Waals surface area (Å²) in [6.07, 6.45) is -1.30. The van der Waals surface area contributed by atoms with E-state index in [2.05, 4.69) is 30.6 Å². The largest absolute Gasteiger partial charge is 0.497 e. The van der Waals surface area contributed by atoms with Crippen molar-refractivity contribution in [1.29, 1.82) is 0 Å². The van der Waals surface area contributed by atoms with Crippen LogP contribution in [0.15, 0.2) is 48.8 Å². The van der Waals surface area contributed by atoms with Crippen LogP contribution in [0.2, 0.25) is 0 Å². The lowest BCUT2D eigenvalue weighted by Gasteiger charge is -2.44. The van der Waals surface area contributed by atoms with Crippen molar-refractivity contribution in [2.75, 3.05) is 23.5 Å². The van der Waals surface area contributed by atoms with E-state index < -0.39 is 30.5 Å². The zero-order valence-electron chi connectivity index (χ0n) is 24.2. The van der Waals surface area contributed by atoms with Gasteiger partial charge in [0.05, 0.1) is 36.6 Å². The summed E-state index contributed by atoms with van der Waals surface area (Å²) < 4.78 is 66.0. The van der Waals surface area contributed by atoms with E-state index in [0.717, 1.165) is 12.1 Å². The average molecular weight is 615 g/mol. The van der Waals surface area contributed by atoms with E-state index in [1.165, 1.54) is 25.6 Å². The Morgan fingerprint density at radius 3 is 2.48 bits per heavy atom. The van der Waals surface area contributed by atoms with E-state index in [9.17, 15) is 22.4 Å². The van der Waals surface area contributed by atoms with E-state index in [1.807, 2.05) is 6.92 Å². The molecule has 0 spiro atoms. The van der Waals surface area contributed by atoms with Crippen LogP contribution in [0, 0.1) is 0 Å². The number of ether oxygens (including phenoxy) is 2. The van der Waals surface area contributed by atoms with Crippen LogP contribution < -0.4 is 14.5 Å². The van der Waals surface area contributed by atoms with Crippen molar-refractivity contribution in [1.82, 2.24) is 30.6 Å². The molecule has 0 radical (unpaired) electrons. The Morgan fingerprint density at radius 2 is 1.86 bits per heavy atom. The zero-order chi connectivity index (χ0) is 31.4. The number of nitrogens with zero attached hydrogens (tertiary/aromatic N) is 7. The first kappa shape index (κ1) is 30.6.